The molecule has 128 valence electrons. The highest BCUT2D eigenvalue weighted by Gasteiger charge is 2.17. The summed E-state index contributed by atoms with van der Waals surface area (Å²) in [7, 11) is 0. The Bertz CT molecular complexity index is 708. The fourth-order valence-electron chi connectivity index (χ4n) is 2.72. The van der Waals surface area contributed by atoms with Crippen molar-refractivity contribution in [3.8, 4) is 11.4 Å². The molecule has 0 saturated carbocycles. The summed E-state index contributed by atoms with van der Waals surface area (Å²) in [5, 5.41) is 7.19. The van der Waals surface area contributed by atoms with Crippen LogP contribution in [0, 0.1) is 12.7 Å². The van der Waals surface area contributed by atoms with Crippen molar-refractivity contribution in [3.63, 3.8) is 0 Å². The largest absolute Gasteiger partial charge is 0.341 e. The number of hydrogen-bond acceptors (Lipinski definition) is 5. The maximum Gasteiger partial charge on any atom is 0.227 e. The molecule has 2 aromatic rings. The lowest BCUT2D eigenvalue weighted by molar-refractivity contribution is -0.131. The second kappa shape index (κ2) is 7.53. The van der Waals surface area contributed by atoms with Gasteiger partial charge in [-0.1, -0.05) is 5.16 Å². The van der Waals surface area contributed by atoms with E-state index in [9.17, 15) is 9.18 Å². The lowest BCUT2D eigenvalue weighted by Crippen LogP contribution is -2.34. The van der Waals surface area contributed by atoms with Crippen molar-refractivity contribution in [2.45, 2.75) is 26.2 Å². The smallest absolute Gasteiger partial charge is 0.227 e. The van der Waals surface area contributed by atoms with E-state index < -0.39 is 0 Å². The molecule has 2 heterocycles. The first-order chi connectivity index (χ1) is 11.6. The van der Waals surface area contributed by atoms with Crippen LogP contribution >= 0.6 is 0 Å². The van der Waals surface area contributed by atoms with Crippen LogP contribution < -0.4 is 5.32 Å². The predicted octanol–water partition coefficient (Wildman–Crippen LogP) is 1.94. The molecule has 0 atom stereocenters. The van der Waals surface area contributed by atoms with Gasteiger partial charge in [0.2, 0.25) is 17.6 Å². The highest BCUT2D eigenvalue weighted by atomic mass is 19.1. The van der Waals surface area contributed by atoms with Gasteiger partial charge >= 0.3 is 0 Å². The summed E-state index contributed by atoms with van der Waals surface area (Å²) < 4.78 is 18.5. The number of benzene rings is 1. The van der Waals surface area contributed by atoms with Crippen molar-refractivity contribution in [1.29, 1.82) is 0 Å². The molecular formula is C17H21FN4O2. The van der Waals surface area contributed by atoms with Gasteiger partial charge < -0.3 is 14.7 Å². The number of aromatic nitrogens is 2. The third-order valence-electron chi connectivity index (χ3n) is 4.13. The molecule has 3 rings (SSSR count). The summed E-state index contributed by atoms with van der Waals surface area (Å²) in [4.78, 5) is 18.4. The lowest BCUT2D eigenvalue weighted by Gasteiger charge is -2.19. The van der Waals surface area contributed by atoms with Gasteiger partial charge in [-0.05, 0) is 43.7 Å². The number of hydrogen-bond donors (Lipinski definition) is 1. The van der Waals surface area contributed by atoms with Gasteiger partial charge in [0.05, 0.1) is 0 Å². The maximum absolute atomic E-state index is 13.3. The normalized spacial score (nSPS) is 15.3. The number of carbonyl (C=O) groups excluding carboxylic acids is 1. The number of carbonyl (C=O) groups is 1. The third kappa shape index (κ3) is 3.97. The van der Waals surface area contributed by atoms with E-state index in [-0.39, 0.29) is 11.7 Å². The second-order valence-corrected chi connectivity index (χ2v) is 5.96. The summed E-state index contributed by atoms with van der Waals surface area (Å²) >= 11 is 0. The van der Waals surface area contributed by atoms with E-state index in [4.69, 9.17) is 4.52 Å². The van der Waals surface area contributed by atoms with Gasteiger partial charge in [0, 0.05) is 38.0 Å². The molecule has 1 aromatic heterocycles. The summed E-state index contributed by atoms with van der Waals surface area (Å²) in [5.41, 5.74) is 1.23. The van der Waals surface area contributed by atoms with Gasteiger partial charge in [0.1, 0.15) is 5.82 Å². The van der Waals surface area contributed by atoms with E-state index in [1.165, 1.54) is 6.07 Å². The average molecular weight is 332 g/mol. The lowest BCUT2D eigenvalue weighted by atomic mass is 10.1. The van der Waals surface area contributed by atoms with Crippen molar-refractivity contribution < 1.29 is 13.7 Å². The van der Waals surface area contributed by atoms with E-state index in [0.717, 1.165) is 32.6 Å². The van der Waals surface area contributed by atoms with Crippen molar-refractivity contribution >= 4 is 5.91 Å². The van der Waals surface area contributed by atoms with Crippen molar-refractivity contribution in [2.24, 2.45) is 0 Å². The van der Waals surface area contributed by atoms with Crippen LogP contribution in [0.1, 0.15) is 24.3 Å². The predicted molar refractivity (Wildman–Crippen MR) is 86.8 cm³/mol. The minimum atomic E-state index is -0.264. The topological polar surface area (TPSA) is 71.3 Å². The average Bonchev–Trinajstić information content (AvgIpc) is 2.88. The molecule has 0 unspecified atom stereocenters. The summed E-state index contributed by atoms with van der Waals surface area (Å²) in [6, 6.07) is 4.68. The minimum Gasteiger partial charge on any atom is -0.341 e. The first-order valence-corrected chi connectivity index (χ1v) is 8.21. The fraction of sp³-hybridized carbons (Fsp3) is 0.471. The van der Waals surface area contributed by atoms with Gasteiger partial charge in [-0.15, -0.1) is 0 Å². The quantitative estimate of drug-likeness (QED) is 0.926. The molecule has 0 radical (unpaired) electrons. The van der Waals surface area contributed by atoms with Crippen LogP contribution in [0.3, 0.4) is 0 Å². The molecule has 1 saturated heterocycles. The Hall–Kier alpha value is -2.28. The molecule has 7 heteroatoms. The maximum atomic E-state index is 13.3. The van der Waals surface area contributed by atoms with Gasteiger partial charge in [-0.2, -0.15) is 4.98 Å². The summed E-state index contributed by atoms with van der Waals surface area (Å²) in [5.74, 6) is 0.684. The van der Waals surface area contributed by atoms with Gasteiger partial charge in [0.25, 0.3) is 0 Å². The van der Waals surface area contributed by atoms with E-state index in [1.54, 1.807) is 19.1 Å². The Morgan fingerprint density at radius 1 is 1.38 bits per heavy atom. The van der Waals surface area contributed by atoms with Gasteiger partial charge in [-0.25, -0.2) is 4.39 Å². The molecule has 0 aliphatic carbocycles. The molecule has 1 aliphatic rings. The van der Waals surface area contributed by atoms with Gasteiger partial charge in [0.15, 0.2) is 0 Å². The monoisotopic (exact) mass is 332 g/mol. The Morgan fingerprint density at radius 2 is 2.25 bits per heavy atom. The van der Waals surface area contributed by atoms with E-state index in [1.807, 2.05) is 4.90 Å². The molecule has 1 amide bonds. The first-order valence-electron chi connectivity index (χ1n) is 8.21. The second-order valence-electron chi connectivity index (χ2n) is 5.96. The molecule has 1 N–H and O–H groups in total. The number of aryl methyl sites for hydroxylation is 2. The van der Waals surface area contributed by atoms with Crippen LogP contribution in [0.15, 0.2) is 22.7 Å². The molecule has 1 aliphatic heterocycles. The number of nitrogens with one attached hydrogen (secondary N) is 1. The van der Waals surface area contributed by atoms with Crippen molar-refractivity contribution in [3.05, 3.63) is 35.5 Å². The van der Waals surface area contributed by atoms with Crippen LogP contribution in [0.2, 0.25) is 0 Å². The molecule has 1 aromatic carbocycles. The van der Waals surface area contributed by atoms with E-state index >= 15 is 0 Å². The van der Waals surface area contributed by atoms with Crippen LogP contribution in [0.25, 0.3) is 11.4 Å². The zero-order chi connectivity index (χ0) is 16.9. The van der Waals surface area contributed by atoms with Gasteiger partial charge in [-0.3, -0.25) is 4.79 Å². The number of amides is 1. The molecule has 0 bridgehead atoms. The number of rotatable bonds is 4. The molecular weight excluding hydrogens is 311 g/mol. The number of halogens is 1. The minimum absolute atomic E-state index is 0.107. The molecule has 6 nitrogen and oxygen atoms in total. The van der Waals surface area contributed by atoms with Crippen LogP contribution in [0.4, 0.5) is 4.39 Å². The highest BCUT2D eigenvalue weighted by molar-refractivity contribution is 5.76. The standard InChI is InChI=1S/C17H21FN4O2/c1-12-11-13(3-4-14(12)18)17-20-15(24-21-17)5-6-16(23)22-9-2-7-19-8-10-22/h3-4,11,19H,2,5-10H2,1H3. The Morgan fingerprint density at radius 3 is 3.08 bits per heavy atom. The Labute approximate surface area is 140 Å². The van der Waals surface area contributed by atoms with Crippen molar-refractivity contribution in [1.82, 2.24) is 20.4 Å². The fourth-order valence-corrected chi connectivity index (χ4v) is 2.72. The van der Waals surface area contributed by atoms with Crippen LogP contribution in [-0.2, 0) is 11.2 Å². The van der Waals surface area contributed by atoms with Crippen LogP contribution in [-0.4, -0.2) is 47.1 Å². The zero-order valence-electron chi connectivity index (χ0n) is 13.7. The third-order valence-corrected chi connectivity index (χ3v) is 4.13. The molecule has 0 spiro atoms. The molecule has 24 heavy (non-hydrogen) atoms. The zero-order valence-corrected chi connectivity index (χ0v) is 13.7. The van der Waals surface area contributed by atoms with E-state index in [0.29, 0.717) is 35.7 Å². The number of nitrogens with zero attached hydrogens (tertiary/aromatic N) is 3. The Balaban J connectivity index is 1.59. The SMILES string of the molecule is Cc1cc(-c2noc(CCC(=O)N3CCCNCC3)n2)ccc1F. The van der Waals surface area contributed by atoms with Crippen LogP contribution in [0.5, 0.6) is 0 Å². The van der Waals surface area contributed by atoms with E-state index in [2.05, 4.69) is 15.5 Å². The summed E-state index contributed by atoms with van der Waals surface area (Å²) in [6.07, 6.45) is 1.74. The molecule has 1 fully saturated rings. The van der Waals surface area contributed by atoms with Crippen molar-refractivity contribution in [2.75, 3.05) is 26.2 Å². The summed E-state index contributed by atoms with van der Waals surface area (Å²) in [6.45, 7) is 5.00. The highest BCUT2D eigenvalue weighted by Crippen LogP contribution is 2.19. The Kier molecular flexibility index (Phi) is 5.20. The first kappa shape index (κ1) is 16.6.